The molecule has 1 aromatic rings. The Balaban J connectivity index is 2.18. The molecule has 0 bridgehead atoms. The number of ketones is 1. The Morgan fingerprint density at radius 2 is 1.87 bits per heavy atom. The van der Waals surface area contributed by atoms with Crippen molar-refractivity contribution in [1.29, 1.82) is 0 Å². The molecule has 1 aliphatic rings. The Bertz CT molecular complexity index is 362. The van der Waals surface area contributed by atoms with Gasteiger partial charge >= 0.3 is 0 Å². The second-order valence-electron chi connectivity index (χ2n) is 3.69. The molecular weight excluding hydrogens is 214 g/mol. The van der Waals surface area contributed by atoms with Gasteiger partial charge in [-0.25, -0.2) is 0 Å². The predicted octanol–water partition coefficient (Wildman–Crippen LogP) is 2.21. The van der Waals surface area contributed by atoms with Gasteiger partial charge in [-0.15, -0.1) is 0 Å². The van der Waals surface area contributed by atoms with Crippen molar-refractivity contribution in [2.75, 3.05) is 18.0 Å². The maximum atomic E-state index is 11.1. The molecule has 0 amide bonds. The van der Waals surface area contributed by atoms with E-state index in [1.807, 2.05) is 0 Å². The van der Waals surface area contributed by atoms with Crippen LogP contribution in [-0.2, 0) is 4.79 Å². The zero-order valence-electron chi connectivity index (χ0n) is 8.24. The summed E-state index contributed by atoms with van der Waals surface area (Å²) < 4.78 is 0. The van der Waals surface area contributed by atoms with Crippen LogP contribution in [0.1, 0.15) is 12.8 Å². The Kier molecular flexibility index (Phi) is 2.82. The van der Waals surface area contributed by atoms with Gasteiger partial charge in [0.2, 0.25) is 0 Å². The first kappa shape index (κ1) is 10.3. The van der Waals surface area contributed by atoms with Crippen LogP contribution in [0.25, 0.3) is 0 Å². The average molecular weight is 226 g/mol. The molecule has 4 heteroatoms. The van der Waals surface area contributed by atoms with Crippen LogP contribution in [0.4, 0.5) is 5.69 Å². The van der Waals surface area contributed by atoms with Crippen molar-refractivity contribution in [3.8, 4) is 5.75 Å². The van der Waals surface area contributed by atoms with E-state index in [1.54, 1.807) is 12.1 Å². The molecule has 1 fully saturated rings. The summed E-state index contributed by atoms with van der Waals surface area (Å²) in [5.41, 5.74) is 0.882. The normalized spacial score (nSPS) is 16.9. The van der Waals surface area contributed by atoms with Crippen LogP contribution in [-0.4, -0.2) is 24.0 Å². The predicted molar refractivity (Wildman–Crippen MR) is 59.6 cm³/mol. The number of piperidine rings is 1. The molecule has 1 saturated heterocycles. The van der Waals surface area contributed by atoms with Gasteiger partial charge < -0.3 is 10.0 Å². The molecule has 2 rings (SSSR count). The van der Waals surface area contributed by atoms with Crippen molar-refractivity contribution in [2.45, 2.75) is 12.8 Å². The standard InChI is InChI=1S/C11H12ClNO2/c12-8-5-9(7-11(15)6-8)13-3-1-10(14)2-4-13/h5-7,15H,1-4H2. The Morgan fingerprint density at radius 1 is 1.20 bits per heavy atom. The van der Waals surface area contributed by atoms with Crippen LogP contribution in [0.15, 0.2) is 18.2 Å². The Labute approximate surface area is 93.3 Å². The first-order valence-electron chi connectivity index (χ1n) is 4.91. The first-order chi connectivity index (χ1) is 7.15. The first-order valence-corrected chi connectivity index (χ1v) is 5.29. The zero-order chi connectivity index (χ0) is 10.8. The summed E-state index contributed by atoms with van der Waals surface area (Å²) in [5.74, 6) is 0.465. The van der Waals surface area contributed by atoms with Crippen LogP contribution in [0.5, 0.6) is 5.75 Å². The van der Waals surface area contributed by atoms with Gasteiger partial charge in [0.25, 0.3) is 0 Å². The third kappa shape index (κ3) is 2.42. The number of carbonyl (C=O) groups excluding carboxylic acids is 1. The molecule has 0 saturated carbocycles. The van der Waals surface area contributed by atoms with E-state index in [4.69, 9.17) is 11.6 Å². The number of carbonyl (C=O) groups is 1. The highest BCUT2D eigenvalue weighted by molar-refractivity contribution is 6.31. The van der Waals surface area contributed by atoms with E-state index in [2.05, 4.69) is 4.90 Å². The Morgan fingerprint density at radius 3 is 2.47 bits per heavy atom. The number of hydrogen-bond acceptors (Lipinski definition) is 3. The molecule has 1 aliphatic heterocycles. The molecule has 0 radical (unpaired) electrons. The van der Waals surface area contributed by atoms with Crippen LogP contribution in [0, 0.1) is 0 Å². The third-order valence-electron chi connectivity index (χ3n) is 2.55. The number of phenolic OH excluding ortho intramolecular Hbond substituents is 1. The maximum absolute atomic E-state index is 11.1. The molecule has 0 aliphatic carbocycles. The molecule has 1 N–H and O–H groups in total. The smallest absolute Gasteiger partial charge is 0.136 e. The van der Waals surface area contributed by atoms with Crippen molar-refractivity contribution >= 4 is 23.1 Å². The largest absolute Gasteiger partial charge is 0.508 e. The number of Topliss-reactive ketones (excluding diaryl/α,β-unsaturated/α-hetero) is 1. The number of anilines is 1. The highest BCUT2D eigenvalue weighted by Crippen LogP contribution is 2.27. The summed E-state index contributed by atoms with van der Waals surface area (Å²) in [6, 6.07) is 4.97. The van der Waals surface area contributed by atoms with Gasteiger partial charge in [0.1, 0.15) is 11.5 Å². The molecule has 0 spiro atoms. The summed E-state index contributed by atoms with van der Waals surface area (Å²) in [7, 11) is 0. The summed E-state index contributed by atoms with van der Waals surface area (Å²) in [6.45, 7) is 1.41. The van der Waals surface area contributed by atoms with Gasteiger partial charge in [-0.2, -0.15) is 0 Å². The third-order valence-corrected chi connectivity index (χ3v) is 2.77. The van der Waals surface area contributed by atoms with Crippen LogP contribution in [0.3, 0.4) is 0 Å². The topological polar surface area (TPSA) is 40.5 Å². The fraction of sp³-hybridized carbons (Fsp3) is 0.364. The quantitative estimate of drug-likeness (QED) is 0.797. The minimum absolute atomic E-state index is 0.161. The molecule has 80 valence electrons. The Hall–Kier alpha value is -1.22. The number of aromatic hydroxyl groups is 1. The van der Waals surface area contributed by atoms with Gasteiger partial charge in [-0.05, 0) is 12.1 Å². The second-order valence-corrected chi connectivity index (χ2v) is 4.13. The molecular formula is C11H12ClNO2. The minimum atomic E-state index is 0.161. The van der Waals surface area contributed by atoms with Crippen molar-refractivity contribution in [3.63, 3.8) is 0 Å². The van der Waals surface area contributed by atoms with Gasteiger partial charge in [0.05, 0.1) is 0 Å². The fourth-order valence-corrected chi connectivity index (χ4v) is 1.98. The van der Waals surface area contributed by atoms with E-state index in [-0.39, 0.29) is 5.75 Å². The zero-order valence-corrected chi connectivity index (χ0v) is 9.00. The van der Waals surface area contributed by atoms with Crippen molar-refractivity contribution in [1.82, 2.24) is 0 Å². The molecule has 1 aromatic carbocycles. The van der Waals surface area contributed by atoms with E-state index >= 15 is 0 Å². The van der Waals surface area contributed by atoms with Crippen molar-refractivity contribution in [2.24, 2.45) is 0 Å². The van der Waals surface area contributed by atoms with Crippen LogP contribution in [0.2, 0.25) is 5.02 Å². The summed E-state index contributed by atoms with van der Waals surface area (Å²) >= 11 is 5.84. The SMILES string of the molecule is O=C1CCN(c2cc(O)cc(Cl)c2)CC1. The lowest BCUT2D eigenvalue weighted by molar-refractivity contribution is -0.119. The van der Waals surface area contributed by atoms with Crippen LogP contribution >= 0.6 is 11.6 Å². The van der Waals surface area contributed by atoms with Gasteiger partial charge in [-0.1, -0.05) is 11.6 Å². The monoisotopic (exact) mass is 225 g/mol. The van der Waals surface area contributed by atoms with E-state index in [9.17, 15) is 9.90 Å². The molecule has 0 unspecified atom stereocenters. The average Bonchev–Trinajstić information content (AvgIpc) is 2.17. The lowest BCUT2D eigenvalue weighted by atomic mass is 10.1. The minimum Gasteiger partial charge on any atom is -0.508 e. The van der Waals surface area contributed by atoms with E-state index in [0.29, 0.717) is 36.7 Å². The molecule has 1 heterocycles. The molecule has 15 heavy (non-hydrogen) atoms. The van der Waals surface area contributed by atoms with Gasteiger partial charge in [-0.3, -0.25) is 4.79 Å². The van der Waals surface area contributed by atoms with E-state index < -0.39 is 0 Å². The summed E-state index contributed by atoms with van der Waals surface area (Å²) in [5, 5.41) is 9.91. The number of halogens is 1. The molecule has 0 aromatic heterocycles. The highest BCUT2D eigenvalue weighted by atomic mass is 35.5. The fourth-order valence-electron chi connectivity index (χ4n) is 1.76. The van der Waals surface area contributed by atoms with E-state index in [1.165, 1.54) is 6.07 Å². The van der Waals surface area contributed by atoms with Crippen molar-refractivity contribution < 1.29 is 9.90 Å². The molecule has 0 atom stereocenters. The van der Waals surface area contributed by atoms with E-state index in [0.717, 1.165) is 5.69 Å². The number of nitrogens with zero attached hydrogens (tertiary/aromatic N) is 1. The highest BCUT2D eigenvalue weighted by Gasteiger charge is 2.16. The number of phenols is 1. The number of hydrogen-bond donors (Lipinski definition) is 1. The number of rotatable bonds is 1. The lowest BCUT2D eigenvalue weighted by Gasteiger charge is -2.28. The molecule has 3 nitrogen and oxygen atoms in total. The second kappa shape index (κ2) is 4.11. The lowest BCUT2D eigenvalue weighted by Crippen LogP contribution is -2.33. The van der Waals surface area contributed by atoms with Crippen LogP contribution < -0.4 is 4.90 Å². The maximum Gasteiger partial charge on any atom is 0.136 e. The van der Waals surface area contributed by atoms with Gasteiger partial charge in [0, 0.05) is 42.7 Å². The number of benzene rings is 1. The summed E-state index contributed by atoms with van der Waals surface area (Å²) in [4.78, 5) is 13.1. The van der Waals surface area contributed by atoms with Crippen molar-refractivity contribution in [3.05, 3.63) is 23.2 Å². The van der Waals surface area contributed by atoms with Gasteiger partial charge in [0.15, 0.2) is 0 Å². The summed E-state index contributed by atoms with van der Waals surface area (Å²) in [6.07, 6.45) is 1.15.